The van der Waals surface area contributed by atoms with Gasteiger partial charge < -0.3 is 4.74 Å². The van der Waals surface area contributed by atoms with Crippen LogP contribution >= 0.6 is 11.8 Å². The molecule has 0 aliphatic carbocycles. The van der Waals surface area contributed by atoms with Crippen LogP contribution in [0.25, 0.3) is 0 Å². The Hall–Kier alpha value is -3.97. The van der Waals surface area contributed by atoms with Gasteiger partial charge in [0.1, 0.15) is 5.75 Å². The Labute approximate surface area is 298 Å². The molecule has 0 saturated carbocycles. The predicted molar refractivity (Wildman–Crippen MR) is 204 cm³/mol. The second-order valence-corrected chi connectivity index (χ2v) is 13.3. The fourth-order valence-electron chi connectivity index (χ4n) is 5.18. The molecule has 0 bridgehead atoms. The number of unbranched alkanes of at least 4 members (excludes halogenated alkanes) is 3. The second-order valence-electron chi connectivity index (χ2n) is 12.1. The summed E-state index contributed by atoms with van der Waals surface area (Å²) in [7, 11) is 0. The second kappa shape index (κ2) is 24.2. The van der Waals surface area contributed by atoms with Crippen molar-refractivity contribution in [3.63, 3.8) is 0 Å². The minimum absolute atomic E-state index is 0.0594. The minimum atomic E-state index is -0.507. The molecule has 6 nitrogen and oxygen atoms in total. The van der Waals surface area contributed by atoms with Gasteiger partial charge in [0.15, 0.2) is 5.78 Å². The van der Waals surface area contributed by atoms with Crippen molar-refractivity contribution in [3.8, 4) is 5.75 Å². The van der Waals surface area contributed by atoms with Crippen molar-refractivity contribution in [2.75, 3.05) is 13.2 Å². The first-order valence-corrected chi connectivity index (χ1v) is 18.8. The Morgan fingerprint density at radius 3 is 2.04 bits per heavy atom. The molecule has 0 radical (unpaired) electrons. The molecule has 1 aliphatic heterocycles. The zero-order chi connectivity index (χ0) is 34.9. The van der Waals surface area contributed by atoms with Gasteiger partial charge >= 0.3 is 0 Å². The molecule has 2 heterocycles. The number of nitrogens with zero attached hydrogens (tertiary/aromatic N) is 2. The monoisotopic (exact) mass is 682 g/mol. The van der Waals surface area contributed by atoms with E-state index in [1.54, 1.807) is 0 Å². The Bertz CT molecular complexity index is 1420. The highest BCUT2D eigenvalue weighted by Gasteiger charge is 2.40. The van der Waals surface area contributed by atoms with E-state index in [9.17, 15) is 14.4 Å². The number of ether oxygens (including phenoxy) is 1. The molecule has 3 rings (SSSR count). The lowest BCUT2D eigenvalue weighted by Gasteiger charge is -2.13. The number of carbonyl (C=O) groups excluding carboxylic acids is 3. The van der Waals surface area contributed by atoms with Crippen LogP contribution in [0.1, 0.15) is 94.9 Å². The van der Waals surface area contributed by atoms with E-state index < -0.39 is 5.25 Å². The van der Waals surface area contributed by atoms with Crippen LogP contribution in [0.4, 0.5) is 4.79 Å². The number of thioether (sulfide) groups is 1. The van der Waals surface area contributed by atoms with E-state index in [1.807, 2.05) is 36.5 Å². The highest BCUT2D eigenvalue weighted by molar-refractivity contribution is 8.15. The van der Waals surface area contributed by atoms with Gasteiger partial charge in [-0.1, -0.05) is 111 Å². The average Bonchev–Trinajstić information content (AvgIpc) is 3.37. The predicted octanol–water partition coefficient (Wildman–Crippen LogP) is 10.1. The molecular formula is C42H54N2O4S. The van der Waals surface area contributed by atoms with Gasteiger partial charge in [0.05, 0.1) is 18.4 Å². The standard InChI is InChI=1S/C42H54N2O4S/c1-3-5-6-7-8-9-10-11-12-13-14-15-16-17-18-19-20-21-22-23-38(45)34-44-41(46)40(49-42(44)47)32-36-25-28-39(29-26-36)48-31-30-37-27-24-35(4-2)33-43-37/h5-6,8-9,11-12,14-15,17-18,24-29,33,40H,3-4,7,10,13,16,19-23,30-32,34H2,1-2H3/b6-5-,9-8-,12-11-,15-14-,18-17-. The summed E-state index contributed by atoms with van der Waals surface area (Å²) in [5.74, 6) is 0.417. The lowest BCUT2D eigenvalue weighted by atomic mass is 10.1. The van der Waals surface area contributed by atoms with E-state index in [4.69, 9.17) is 4.74 Å². The number of pyridine rings is 1. The van der Waals surface area contributed by atoms with E-state index in [1.165, 1.54) is 5.56 Å². The van der Waals surface area contributed by atoms with Crippen LogP contribution in [0.5, 0.6) is 5.75 Å². The summed E-state index contributed by atoms with van der Waals surface area (Å²) in [6.07, 6.45) is 35.1. The molecule has 1 saturated heterocycles. The molecule has 0 spiro atoms. The Kier molecular flexibility index (Phi) is 19.5. The summed E-state index contributed by atoms with van der Waals surface area (Å²) < 4.78 is 5.87. The normalized spacial score (nSPS) is 15.4. The fourth-order valence-corrected chi connectivity index (χ4v) is 6.21. The van der Waals surface area contributed by atoms with E-state index >= 15 is 0 Å². The lowest BCUT2D eigenvalue weighted by Crippen LogP contribution is -2.36. The highest BCUT2D eigenvalue weighted by Crippen LogP contribution is 2.30. The van der Waals surface area contributed by atoms with E-state index in [2.05, 4.69) is 85.7 Å². The SMILES string of the molecule is CC/C=C\C/C=C\C/C=C\C/C=C\C/C=C\CCCCCC(=O)CN1C(=O)SC(Cc2ccc(OCCc3ccc(CC)cn3)cc2)C1=O. The molecule has 2 aromatic rings. The van der Waals surface area contributed by atoms with Crippen molar-refractivity contribution in [1.82, 2.24) is 9.88 Å². The number of hydrogen-bond donors (Lipinski definition) is 0. The molecule has 1 atom stereocenters. The maximum Gasteiger partial charge on any atom is 0.289 e. The van der Waals surface area contributed by atoms with Gasteiger partial charge in [-0.25, -0.2) is 0 Å². The maximum atomic E-state index is 13.0. The van der Waals surface area contributed by atoms with Crippen LogP contribution in [0, 0.1) is 0 Å². The third-order valence-electron chi connectivity index (χ3n) is 8.09. The van der Waals surface area contributed by atoms with Crippen molar-refractivity contribution in [3.05, 3.63) is 120 Å². The van der Waals surface area contributed by atoms with E-state index in [0.717, 1.165) is 104 Å². The Morgan fingerprint density at radius 2 is 1.43 bits per heavy atom. The van der Waals surface area contributed by atoms with Gasteiger partial charge in [-0.15, -0.1) is 0 Å². The summed E-state index contributed by atoms with van der Waals surface area (Å²) in [6, 6.07) is 11.8. The van der Waals surface area contributed by atoms with Gasteiger partial charge in [-0.05, 0) is 93.5 Å². The Balaban J connectivity index is 1.23. The quantitative estimate of drug-likeness (QED) is 0.0810. The van der Waals surface area contributed by atoms with Crippen LogP contribution in [-0.4, -0.2) is 45.2 Å². The molecule has 1 aromatic carbocycles. The van der Waals surface area contributed by atoms with Crippen LogP contribution in [0.15, 0.2) is 103 Å². The summed E-state index contributed by atoms with van der Waals surface area (Å²) in [4.78, 5) is 43.7. The first-order valence-electron chi connectivity index (χ1n) is 17.9. The molecule has 49 heavy (non-hydrogen) atoms. The number of aromatic nitrogens is 1. The Morgan fingerprint density at radius 1 is 0.796 bits per heavy atom. The van der Waals surface area contributed by atoms with Crippen molar-refractivity contribution >= 4 is 28.7 Å². The van der Waals surface area contributed by atoms with Crippen LogP contribution in [0.3, 0.4) is 0 Å². The van der Waals surface area contributed by atoms with Crippen LogP contribution < -0.4 is 4.74 Å². The minimum Gasteiger partial charge on any atom is -0.493 e. The first kappa shape index (κ1) is 39.5. The zero-order valence-corrected chi connectivity index (χ0v) is 30.3. The molecule has 7 heteroatoms. The number of hydrogen-bond acceptors (Lipinski definition) is 6. The van der Waals surface area contributed by atoms with E-state index in [0.29, 0.717) is 19.4 Å². The third-order valence-corrected chi connectivity index (χ3v) is 9.16. The lowest BCUT2D eigenvalue weighted by molar-refractivity contribution is -0.131. The largest absolute Gasteiger partial charge is 0.493 e. The molecule has 1 aromatic heterocycles. The smallest absolute Gasteiger partial charge is 0.289 e. The van der Waals surface area contributed by atoms with Gasteiger partial charge in [-0.3, -0.25) is 24.3 Å². The van der Waals surface area contributed by atoms with Crippen LogP contribution in [-0.2, 0) is 28.9 Å². The molecule has 262 valence electrons. The average molecular weight is 683 g/mol. The zero-order valence-electron chi connectivity index (χ0n) is 29.4. The van der Waals surface area contributed by atoms with E-state index in [-0.39, 0.29) is 23.5 Å². The maximum absolute atomic E-state index is 13.0. The number of Topliss-reactive ketones (excluding diaryl/α,β-unsaturated/α-hetero) is 1. The first-order chi connectivity index (χ1) is 24.0. The molecule has 1 fully saturated rings. The van der Waals surface area contributed by atoms with Crippen molar-refractivity contribution in [2.45, 2.75) is 103 Å². The topological polar surface area (TPSA) is 76.6 Å². The summed E-state index contributed by atoms with van der Waals surface area (Å²) in [6.45, 7) is 4.65. The molecule has 2 amide bonds. The number of amides is 2. The molecule has 0 N–H and O–H groups in total. The fraction of sp³-hybridized carbons (Fsp3) is 0.429. The molecule has 1 unspecified atom stereocenters. The van der Waals surface area contributed by atoms with Crippen LogP contribution in [0.2, 0.25) is 0 Å². The van der Waals surface area contributed by atoms with Gasteiger partial charge in [-0.2, -0.15) is 0 Å². The summed E-state index contributed by atoms with van der Waals surface area (Å²) in [5, 5.41) is -0.838. The number of imide groups is 1. The number of carbonyl (C=O) groups is 3. The molecule has 1 aliphatic rings. The van der Waals surface area contributed by atoms with Gasteiger partial charge in [0.2, 0.25) is 5.91 Å². The van der Waals surface area contributed by atoms with Crippen molar-refractivity contribution in [2.24, 2.45) is 0 Å². The summed E-state index contributed by atoms with van der Waals surface area (Å²) in [5.41, 5.74) is 3.16. The number of aryl methyl sites for hydroxylation is 1. The summed E-state index contributed by atoms with van der Waals surface area (Å²) >= 11 is 1.02. The van der Waals surface area contributed by atoms with Gasteiger partial charge in [0.25, 0.3) is 5.24 Å². The van der Waals surface area contributed by atoms with Gasteiger partial charge in [0, 0.05) is 24.7 Å². The number of rotatable bonds is 24. The van der Waals surface area contributed by atoms with Crippen molar-refractivity contribution < 1.29 is 19.1 Å². The number of ketones is 1. The van der Waals surface area contributed by atoms with Crippen molar-refractivity contribution in [1.29, 1.82) is 0 Å². The molecular weight excluding hydrogens is 629 g/mol. The number of allylic oxidation sites excluding steroid dienone is 10. The highest BCUT2D eigenvalue weighted by atomic mass is 32.2. The number of benzene rings is 1. The third kappa shape index (κ3) is 16.3.